The van der Waals surface area contributed by atoms with E-state index in [1.165, 1.54) is 24.9 Å². The summed E-state index contributed by atoms with van der Waals surface area (Å²) in [6.45, 7) is 6.84. The van der Waals surface area contributed by atoms with Gasteiger partial charge in [-0.05, 0) is 61.5 Å². The van der Waals surface area contributed by atoms with Crippen molar-refractivity contribution in [3.63, 3.8) is 0 Å². The zero-order valence-electron chi connectivity index (χ0n) is 10.2. The van der Waals surface area contributed by atoms with Gasteiger partial charge < -0.3 is 5.73 Å². The van der Waals surface area contributed by atoms with Gasteiger partial charge in [-0.3, -0.25) is 4.90 Å². The van der Waals surface area contributed by atoms with E-state index >= 15 is 0 Å². The molecular weight excluding hydrogens is 216 g/mol. The summed E-state index contributed by atoms with van der Waals surface area (Å²) in [6.07, 6.45) is 2.59. The molecule has 0 saturated carbocycles. The van der Waals surface area contributed by atoms with Gasteiger partial charge in [0.05, 0.1) is 0 Å². The van der Waals surface area contributed by atoms with Crippen LogP contribution in [0.4, 0.5) is 0 Å². The van der Waals surface area contributed by atoms with Crippen LogP contribution in [0, 0.1) is 5.92 Å². The maximum atomic E-state index is 6.02. The Morgan fingerprint density at radius 2 is 2.31 bits per heavy atom. The third-order valence-corrected chi connectivity index (χ3v) is 4.51. The molecule has 1 aromatic heterocycles. The molecule has 3 unspecified atom stereocenters. The van der Waals surface area contributed by atoms with Gasteiger partial charge in [-0.1, -0.05) is 0 Å². The topological polar surface area (TPSA) is 29.3 Å². The average Bonchev–Trinajstić information content (AvgIpc) is 2.81. The lowest BCUT2D eigenvalue weighted by Gasteiger charge is -2.38. The van der Waals surface area contributed by atoms with Crippen molar-refractivity contribution in [2.24, 2.45) is 11.7 Å². The maximum Gasteiger partial charge on any atom is 0.0328 e. The summed E-state index contributed by atoms with van der Waals surface area (Å²) in [5.74, 6) is 0.676. The number of hydrogen-bond donors (Lipinski definition) is 1. The Bertz CT molecular complexity index is 308. The zero-order valence-corrected chi connectivity index (χ0v) is 11.0. The molecule has 1 saturated heterocycles. The fraction of sp³-hybridized carbons (Fsp3) is 0.692. The lowest BCUT2D eigenvalue weighted by atomic mass is 9.91. The predicted molar refractivity (Wildman–Crippen MR) is 70.7 cm³/mol. The molecule has 16 heavy (non-hydrogen) atoms. The first-order chi connectivity index (χ1) is 7.68. The molecule has 2 N–H and O–H groups in total. The normalized spacial score (nSPS) is 26.6. The minimum absolute atomic E-state index is 0.331. The summed E-state index contributed by atoms with van der Waals surface area (Å²) in [5, 5.41) is 4.43. The van der Waals surface area contributed by atoms with Crippen LogP contribution >= 0.6 is 11.3 Å². The van der Waals surface area contributed by atoms with E-state index in [2.05, 4.69) is 35.6 Å². The highest BCUT2D eigenvalue weighted by Gasteiger charge is 2.26. The quantitative estimate of drug-likeness (QED) is 0.877. The lowest BCUT2D eigenvalue weighted by Crippen LogP contribution is -2.43. The van der Waals surface area contributed by atoms with E-state index in [-0.39, 0.29) is 0 Å². The molecule has 3 heteroatoms. The summed E-state index contributed by atoms with van der Waals surface area (Å²) in [4.78, 5) is 2.58. The van der Waals surface area contributed by atoms with Gasteiger partial charge in [0.15, 0.2) is 0 Å². The summed E-state index contributed by atoms with van der Waals surface area (Å²) < 4.78 is 0. The Hall–Kier alpha value is -0.380. The smallest absolute Gasteiger partial charge is 0.0328 e. The zero-order chi connectivity index (χ0) is 11.5. The van der Waals surface area contributed by atoms with Gasteiger partial charge in [0.1, 0.15) is 0 Å². The van der Waals surface area contributed by atoms with Gasteiger partial charge in [-0.2, -0.15) is 11.3 Å². The van der Waals surface area contributed by atoms with Gasteiger partial charge in [-0.25, -0.2) is 0 Å². The largest absolute Gasteiger partial charge is 0.328 e. The monoisotopic (exact) mass is 238 g/mol. The summed E-state index contributed by atoms with van der Waals surface area (Å²) in [6, 6.07) is 3.12. The molecule has 0 amide bonds. The van der Waals surface area contributed by atoms with Crippen LogP contribution in [-0.4, -0.2) is 24.0 Å². The van der Waals surface area contributed by atoms with E-state index in [1.807, 2.05) is 0 Å². The van der Waals surface area contributed by atoms with E-state index in [0.29, 0.717) is 18.0 Å². The first kappa shape index (κ1) is 12.1. The number of nitrogens with zero attached hydrogens (tertiary/aromatic N) is 1. The van der Waals surface area contributed by atoms with Gasteiger partial charge in [0.2, 0.25) is 0 Å². The standard InChI is InChI=1S/C13H22N2S/c1-10(14)12-4-3-6-15(8-12)11(2)13-5-7-16-9-13/h5,7,9-12H,3-4,6,8,14H2,1-2H3. The van der Waals surface area contributed by atoms with Gasteiger partial charge in [0.25, 0.3) is 0 Å². The third-order valence-electron chi connectivity index (χ3n) is 3.81. The fourth-order valence-corrected chi connectivity index (χ4v) is 3.29. The number of likely N-dealkylation sites (tertiary alicyclic amines) is 1. The van der Waals surface area contributed by atoms with Crippen molar-refractivity contribution in [2.75, 3.05) is 13.1 Å². The third kappa shape index (κ3) is 2.65. The number of rotatable bonds is 3. The van der Waals surface area contributed by atoms with Gasteiger partial charge >= 0.3 is 0 Å². The Morgan fingerprint density at radius 1 is 1.50 bits per heavy atom. The number of thiophene rings is 1. The second-order valence-electron chi connectivity index (χ2n) is 4.99. The summed E-state index contributed by atoms with van der Waals surface area (Å²) >= 11 is 1.79. The van der Waals surface area contributed by atoms with Gasteiger partial charge in [-0.15, -0.1) is 0 Å². The number of nitrogens with two attached hydrogens (primary N) is 1. The highest BCUT2D eigenvalue weighted by Crippen LogP contribution is 2.28. The van der Waals surface area contributed by atoms with Gasteiger partial charge in [0, 0.05) is 18.6 Å². The molecule has 1 fully saturated rings. The van der Waals surface area contributed by atoms with Crippen LogP contribution in [0.25, 0.3) is 0 Å². The fourth-order valence-electron chi connectivity index (χ4n) is 2.54. The SMILES string of the molecule is CC(N)C1CCCN(C(C)c2ccsc2)C1. The molecule has 2 nitrogen and oxygen atoms in total. The molecule has 3 atom stereocenters. The second-order valence-corrected chi connectivity index (χ2v) is 5.77. The second kappa shape index (κ2) is 5.30. The minimum atomic E-state index is 0.331. The average molecular weight is 238 g/mol. The van der Waals surface area contributed by atoms with Crippen LogP contribution in [0.1, 0.15) is 38.3 Å². The van der Waals surface area contributed by atoms with Crippen LogP contribution in [-0.2, 0) is 0 Å². The molecule has 0 bridgehead atoms. The van der Waals surface area contributed by atoms with Crippen LogP contribution in [0.2, 0.25) is 0 Å². The molecule has 1 aliphatic rings. The summed E-state index contributed by atoms with van der Waals surface area (Å²) in [7, 11) is 0. The Kier molecular flexibility index (Phi) is 4.00. The van der Waals surface area contributed by atoms with Crippen molar-refractivity contribution in [2.45, 2.75) is 38.8 Å². The van der Waals surface area contributed by atoms with Crippen molar-refractivity contribution in [1.29, 1.82) is 0 Å². The van der Waals surface area contributed by atoms with E-state index in [0.717, 1.165) is 6.54 Å². The number of hydrogen-bond acceptors (Lipinski definition) is 3. The molecule has 0 spiro atoms. The van der Waals surface area contributed by atoms with Crippen LogP contribution < -0.4 is 5.73 Å². The molecule has 90 valence electrons. The molecule has 1 aliphatic heterocycles. The molecule has 0 aliphatic carbocycles. The molecule has 1 aromatic rings. The van der Waals surface area contributed by atoms with Crippen molar-refractivity contribution < 1.29 is 0 Å². The Labute approximate surface area is 102 Å². The van der Waals surface area contributed by atoms with E-state index in [4.69, 9.17) is 5.73 Å². The lowest BCUT2D eigenvalue weighted by molar-refractivity contribution is 0.122. The Morgan fingerprint density at radius 3 is 2.94 bits per heavy atom. The predicted octanol–water partition coefficient (Wildman–Crippen LogP) is 2.87. The molecular formula is C13H22N2S. The first-order valence-electron chi connectivity index (χ1n) is 6.20. The highest BCUT2D eigenvalue weighted by atomic mass is 32.1. The molecule has 0 aromatic carbocycles. The Balaban J connectivity index is 1.99. The van der Waals surface area contributed by atoms with Crippen molar-refractivity contribution in [3.05, 3.63) is 22.4 Å². The first-order valence-corrected chi connectivity index (χ1v) is 7.14. The molecule has 2 heterocycles. The van der Waals surface area contributed by atoms with Crippen molar-refractivity contribution in [3.8, 4) is 0 Å². The number of piperidine rings is 1. The molecule has 2 rings (SSSR count). The summed E-state index contributed by atoms with van der Waals surface area (Å²) in [5.41, 5.74) is 7.48. The van der Waals surface area contributed by atoms with Crippen LogP contribution in [0.5, 0.6) is 0 Å². The van der Waals surface area contributed by atoms with Crippen molar-refractivity contribution in [1.82, 2.24) is 4.90 Å². The highest BCUT2D eigenvalue weighted by molar-refractivity contribution is 7.07. The van der Waals surface area contributed by atoms with Crippen LogP contribution in [0.15, 0.2) is 16.8 Å². The molecule has 0 radical (unpaired) electrons. The van der Waals surface area contributed by atoms with E-state index < -0.39 is 0 Å². The maximum absolute atomic E-state index is 6.02. The van der Waals surface area contributed by atoms with E-state index in [9.17, 15) is 0 Å². The van der Waals surface area contributed by atoms with Crippen molar-refractivity contribution >= 4 is 11.3 Å². The van der Waals surface area contributed by atoms with E-state index in [1.54, 1.807) is 11.3 Å². The van der Waals surface area contributed by atoms with Crippen LogP contribution in [0.3, 0.4) is 0 Å². The minimum Gasteiger partial charge on any atom is -0.328 e.